The maximum Gasteiger partial charge on any atom is 0.416 e. The van der Waals surface area contributed by atoms with Gasteiger partial charge in [-0.3, -0.25) is 4.79 Å². The van der Waals surface area contributed by atoms with E-state index in [1.54, 1.807) is 11.0 Å². The molecule has 2 fully saturated rings. The molecule has 196 valence electrons. The first-order valence-corrected chi connectivity index (χ1v) is 13.1. The largest absolute Gasteiger partial charge is 0.416 e. The molecule has 1 amide bonds. The summed E-state index contributed by atoms with van der Waals surface area (Å²) in [6.07, 6.45) is 6.39. The van der Waals surface area contributed by atoms with E-state index >= 15 is 0 Å². The molecule has 1 unspecified atom stereocenters. The van der Waals surface area contributed by atoms with Gasteiger partial charge < -0.3 is 14.9 Å². The number of aliphatic hydroxyl groups is 1. The number of carbonyl (C=O) groups excluding carboxylic acids is 1. The van der Waals surface area contributed by atoms with Crippen molar-refractivity contribution in [2.24, 2.45) is 5.92 Å². The number of amides is 1. The van der Waals surface area contributed by atoms with Crippen molar-refractivity contribution in [1.29, 1.82) is 0 Å². The second kappa shape index (κ2) is 10.5. The van der Waals surface area contributed by atoms with Crippen molar-refractivity contribution in [3.63, 3.8) is 0 Å². The van der Waals surface area contributed by atoms with Crippen molar-refractivity contribution < 1.29 is 23.1 Å². The molecule has 37 heavy (non-hydrogen) atoms. The third-order valence-corrected chi connectivity index (χ3v) is 8.32. The first kappa shape index (κ1) is 25.7. The number of hydrogen-bond acceptors (Lipinski definition) is 3. The number of piperidine rings is 2. The number of benzene rings is 2. The summed E-state index contributed by atoms with van der Waals surface area (Å²) in [5.41, 5.74) is 2.73. The van der Waals surface area contributed by atoms with Crippen LogP contribution in [0.4, 0.5) is 13.2 Å². The summed E-state index contributed by atoms with van der Waals surface area (Å²) >= 11 is 0. The van der Waals surface area contributed by atoms with Gasteiger partial charge in [0, 0.05) is 31.1 Å². The van der Waals surface area contributed by atoms with Crippen LogP contribution in [-0.2, 0) is 16.4 Å². The Kier molecular flexibility index (Phi) is 7.28. The molecule has 1 spiro atoms. The number of allylic oxidation sites excluding steroid dienone is 1. The maximum atomic E-state index is 12.7. The van der Waals surface area contributed by atoms with E-state index in [9.17, 15) is 23.1 Å². The molecule has 7 heteroatoms. The van der Waals surface area contributed by atoms with Gasteiger partial charge in [0.05, 0.1) is 11.7 Å². The monoisotopic (exact) mass is 510 g/mol. The van der Waals surface area contributed by atoms with E-state index in [4.69, 9.17) is 0 Å². The van der Waals surface area contributed by atoms with Crippen LogP contribution in [0.15, 0.2) is 60.7 Å². The van der Waals surface area contributed by atoms with Crippen molar-refractivity contribution in [3.8, 4) is 0 Å². The molecule has 2 aromatic rings. The molecule has 0 saturated carbocycles. The average molecular weight is 511 g/mol. The third kappa shape index (κ3) is 5.68. The number of likely N-dealkylation sites (tertiary alicyclic amines) is 2. The van der Waals surface area contributed by atoms with Gasteiger partial charge >= 0.3 is 6.18 Å². The number of nitrogens with zero attached hydrogens (tertiary/aromatic N) is 2. The maximum absolute atomic E-state index is 12.7. The lowest BCUT2D eigenvalue weighted by Crippen LogP contribution is -2.47. The number of rotatable bonds is 5. The molecule has 1 aliphatic carbocycles. The molecular weight excluding hydrogens is 477 g/mol. The predicted octanol–water partition coefficient (Wildman–Crippen LogP) is 5.38. The molecule has 0 aromatic heterocycles. The fourth-order valence-corrected chi connectivity index (χ4v) is 5.98. The Morgan fingerprint density at radius 2 is 1.70 bits per heavy atom. The van der Waals surface area contributed by atoms with Crippen LogP contribution in [0, 0.1) is 5.92 Å². The molecule has 2 heterocycles. The normalized spacial score (nSPS) is 21.0. The topological polar surface area (TPSA) is 43.8 Å². The van der Waals surface area contributed by atoms with Crippen LogP contribution in [0.5, 0.6) is 0 Å². The minimum atomic E-state index is -4.37. The summed E-state index contributed by atoms with van der Waals surface area (Å²) in [6, 6.07) is 13.4. The van der Waals surface area contributed by atoms with Crippen LogP contribution < -0.4 is 0 Å². The van der Waals surface area contributed by atoms with Crippen molar-refractivity contribution in [1.82, 2.24) is 9.80 Å². The third-order valence-electron chi connectivity index (χ3n) is 8.32. The number of alkyl halides is 3. The molecule has 4 nitrogen and oxygen atoms in total. The van der Waals surface area contributed by atoms with Crippen molar-refractivity contribution in [2.45, 2.75) is 43.4 Å². The second-order valence-corrected chi connectivity index (χ2v) is 10.6. The summed E-state index contributed by atoms with van der Waals surface area (Å²) in [5.74, 6) is 0.00463. The van der Waals surface area contributed by atoms with Crippen LogP contribution in [0.25, 0.3) is 12.2 Å². The van der Waals surface area contributed by atoms with E-state index in [1.807, 2.05) is 0 Å². The van der Waals surface area contributed by atoms with Gasteiger partial charge in [-0.25, -0.2) is 0 Å². The van der Waals surface area contributed by atoms with E-state index in [1.165, 1.54) is 29.3 Å². The fraction of sp³-hybridized carbons (Fsp3) is 0.433. The lowest BCUT2D eigenvalue weighted by Gasteiger charge is -2.41. The molecular formula is C30H33F3N2O2. The van der Waals surface area contributed by atoms with Gasteiger partial charge in [0.15, 0.2) is 0 Å². The molecule has 1 N–H and O–H groups in total. The van der Waals surface area contributed by atoms with Crippen molar-refractivity contribution in [3.05, 3.63) is 82.9 Å². The van der Waals surface area contributed by atoms with Gasteiger partial charge in [-0.2, -0.15) is 13.2 Å². The first-order chi connectivity index (χ1) is 17.7. The molecule has 1 atom stereocenters. The van der Waals surface area contributed by atoms with Gasteiger partial charge in [0.1, 0.15) is 0 Å². The molecule has 0 radical (unpaired) electrons. The highest BCUT2D eigenvalue weighted by molar-refractivity contribution is 5.91. The number of carbonyl (C=O) groups is 1. The van der Waals surface area contributed by atoms with Crippen LogP contribution in [0.1, 0.15) is 47.9 Å². The quantitative estimate of drug-likeness (QED) is 0.550. The smallest absolute Gasteiger partial charge is 0.392 e. The molecule has 2 saturated heterocycles. The van der Waals surface area contributed by atoms with Crippen molar-refractivity contribution in [2.75, 3.05) is 32.7 Å². The van der Waals surface area contributed by atoms with Gasteiger partial charge in [0.2, 0.25) is 5.91 Å². The molecule has 5 rings (SSSR count). The van der Waals surface area contributed by atoms with Gasteiger partial charge in [-0.1, -0.05) is 48.6 Å². The summed E-state index contributed by atoms with van der Waals surface area (Å²) in [5, 5.41) is 10.9. The minimum Gasteiger partial charge on any atom is -0.392 e. The van der Waals surface area contributed by atoms with Crippen LogP contribution >= 0.6 is 0 Å². The number of hydrogen-bond donors (Lipinski definition) is 1. The molecule has 2 aromatic carbocycles. The highest BCUT2D eigenvalue weighted by Crippen LogP contribution is 2.43. The highest BCUT2D eigenvalue weighted by atomic mass is 19.4. The predicted molar refractivity (Wildman–Crippen MR) is 139 cm³/mol. The van der Waals surface area contributed by atoms with Crippen LogP contribution in [0.3, 0.4) is 0 Å². The zero-order chi connectivity index (χ0) is 26.0. The minimum absolute atomic E-state index is 0.137. The summed E-state index contributed by atoms with van der Waals surface area (Å²) < 4.78 is 38.1. The fourth-order valence-electron chi connectivity index (χ4n) is 5.98. The second-order valence-electron chi connectivity index (χ2n) is 10.6. The first-order valence-electron chi connectivity index (χ1n) is 13.1. The van der Waals surface area contributed by atoms with E-state index < -0.39 is 17.8 Å². The van der Waals surface area contributed by atoms with E-state index in [2.05, 4.69) is 41.3 Å². The van der Waals surface area contributed by atoms with E-state index in [0.717, 1.165) is 50.9 Å². The zero-order valence-corrected chi connectivity index (χ0v) is 20.8. The average Bonchev–Trinajstić information content (AvgIpc) is 3.26. The van der Waals surface area contributed by atoms with Gasteiger partial charge in [-0.15, -0.1) is 0 Å². The van der Waals surface area contributed by atoms with Gasteiger partial charge in [-0.05, 0) is 79.6 Å². The van der Waals surface area contributed by atoms with E-state index in [0.29, 0.717) is 25.2 Å². The molecule has 2 aliphatic heterocycles. The van der Waals surface area contributed by atoms with E-state index in [-0.39, 0.29) is 17.2 Å². The number of aliphatic hydroxyl groups excluding tert-OH is 1. The summed E-state index contributed by atoms with van der Waals surface area (Å²) in [7, 11) is 0. The summed E-state index contributed by atoms with van der Waals surface area (Å²) in [6.45, 7) is 3.72. The lowest BCUT2D eigenvalue weighted by molar-refractivity contribution is -0.137. The Morgan fingerprint density at radius 3 is 2.38 bits per heavy atom. The molecule has 0 bridgehead atoms. The molecule has 3 aliphatic rings. The van der Waals surface area contributed by atoms with Crippen LogP contribution in [-0.4, -0.2) is 59.6 Å². The Morgan fingerprint density at radius 1 is 1.03 bits per heavy atom. The Hall–Kier alpha value is -2.90. The number of halogens is 3. The number of fused-ring (bicyclic) bond motifs is 2. The van der Waals surface area contributed by atoms with Crippen LogP contribution in [0.2, 0.25) is 0 Å². The number of β-amino-alcohol motifs (C(OH)–C–C–N with tert-alkyl or cyclic N) is 1. The zero-order valence-electron chi connectivity index (χ0n) is 20.8. The Bertz CT molecular complexity index is 1160. The standard InChI is InChI=1S/C30H33F3N2O2/c31-30(32,33)25-8-5-22(6-9-25)7-10-28(37)35-17-12-24(13-18-35)27(36)21-34-19-15-29(16-20-34)14-11-23-3-1-2-4-26(23)29/h1-11,14,24,27,36H,12-13,15-21H2/b10-7+. The Balaban J connectivity index is 1.07. The Labute approximate surface area is 216 Å². The summed E-state index contributed by atoms with van der Waals surface area (Å²) in [4.78, 5) is 16.7. The van der Waals surface area contributed by atoms with Crippen molar-refractivity contribution >= 4 is 18.1 Å². The SMILES string of the molecule is O=C(/C=C/c1ccc(C(F)(F)F)cc1)N1CCC(C(O)CN2CCC3(C=Cc4ccccc43)CC2)CC1. The highest BCUT2D eigenvalue weighted by Gasteiger charge is 2.38. The lowest BCUT2D eigenvalue weighted by atomic mass is 9.74. The van der Waals surface area contributed by atoms with Gasteiger partial charge in [0.25, 0.3) is 0 Å².